The Bertz CT molecular complexity index is 354. The maximum atomic E-state index is 5.95. The van der Waals surface area contributed by atoms with Gasteiger partial charge in [0.25, 0.3) is 0 Å². The number of benzene rings is 1. The topological polar surface area (TPSA) is 3.24 Å². The standard InChI is InChI=1S/C13H16ClN/c1-4-5-9-15(3)11(2)12-7-6-8-13(14)10-12/h1,6-8,10-11H,5,9H2,2-3H3. The van der Waals surface area contributed by atoms with Gasteiger partial charge in [0.15, 0.2) is 0 Å². The zero-order chi connectivity index (χ0) is 11.3. The van der Waals surface area contributed by atoms with Crippen molar-refractivity contribution in [2.24, 2.45) is 0 Å². The van der Waals surface area contributed by atoms with Gasteiger partial charge in [-0.15, -0.1) is 12.3 Å². The molecule has 80 valence electrons. The van der Waals surface area contributed by atoms with Gasteiger partial charge in [-0.05, 0) is 31.7 Å². The lowest BCUT2D eigenvalue weighted by molar-refractivity contribution is 0.268. The summed E-state index contributed by atoms with van der Waals surface area (Å²) in [6, 6.07) is 8.29. The molecule has 1 aromatic rings. The van der Waals surface area contributed by atoms with Crippen molar-refractivity contribution in [3.05, 3.63) is 34.9 Å². The summed E-state index contributed by atoms with van der Waals surface area (Å²) in [4.78, 5) is 2.23. The lowest BCUT2D eigenvalue weighted by Crippen LogP contribution is -2.23. The van der Waals surface area contributed by atoms with Gasteiger partial charge in [-0.2, -0.15) is 0 Å². The monoisotopic (exact) mass is 221 g/mol. The summed E-state index contributed by atoms with van der Waals surface area (Å²) in [5, 5.41) is 0.782. The van der Waals surface area contributed by atoms with E-state index in [-0.39, 0.29) is 0 Å². The van der Waals surface area contributed by atoms with Crippen LogP contribution < -0.4 is 0 Å². The molecule has 0 heterocycles. The molecule has 0 fully saturated rings. The molecule has 1 unspecified atom stereocenters. The molecule has 1 atom stereocenters. The molecule has 0 aliphatic rings. The van der Waals surface area contributed by atoms with Crippen LogP contribution in [0, 0.1) is 12.3 Å². The minimum absolute atomic E-state index is 0.344. The third-order valence-electron chi connectivity index (χ3n) is 2.60. The van der Waals surface area contributed by atoms with Crippen molar-refractivity contribution < 1.29 is 0 Å². The van der Waals surface area contributed by atoms with E-state index in [4.69, 9.17) is 18.0 Å². The Balaban J connectivity index is 2.67. The van der Waals surface area contributed by atoms with Gasteiger partial charge in [0.1, 0.15) is 0 Å². The number of hydrogen-bond donors (Lipinski definition) is 0. The zero-order valence-electron chi connectivity index (χ0n) is 9.20. The number of nitrogens with zero attached hydrogens (tertiary/aromatic N) is 1. The van der Waals surface area contributed by atoms with Gasteiger partial charge in [0.2, 0.25) is 0 Å². The van der Waals surface area contributed by atoms with Gasteiger partial charge in [-0.3, -0.25) is 4.90 Å². The Hall–Kier alpha value is -0.970. The molecule has 2 heteroatoms. The third kappa shape index (κ3) is 3.58. The average molecular weight is 222 g/mol. The molecule has 0 aliphatic heterocycles. The van der Waals surface area contributed by atoms with Crippen molar-refractivity contribution in [3.63, 3.8) is 0 Å². The summed E-state index contributed by atoms with van der Waals surface area (Å²) in [5.74, 6) is 2.65. The van der Waals surface area contributed by atoms with E-state index in [0.717, 1.165) is 18.0 Å². The van der Waals surface area contributed by atoms with Crippen molar-refractivity contribution >= 4 is 11.6 Å². The molecule has 1 nitrogen and oxygen atoms in total. The van der Waals surface area contributed by atoms with Crippen LogP contribution in [-0.4, -0.2) is 18.5 Å². The molecule has 0 saturated heterocycles. The molecule has 0 radical (unpaired) electrons. The van der Waals surface area contributed by atoms with Crippen LogP contribution in [0.3, 0.4) is 0 Å². The van der Waals surface area contributed by atoms with E-state index in [1.165, 1.54) is 5.56 Å². The second kappa shape index (κ2) is 5.80. The number of hydrogen-bond acceptors (Lipinski definition) is 1. The molecule has 1 aromatic carbocycles. The lowest BCUT2D eigenvalue weighted by atomic mass is 10.1. The van der Waals surface area contributed by atoms with E-state index in [0.29, 0.717) is 6.04 Å². The first kappa shape index (κ1) is 12.1. The highest BCUT2D eigenvalue weighted by molar-refractivity contribution is 6.30. The van der Waals surface area contributed by atoms with E-state index < -0.39 is 0 Å². The fourth-order valence-corrected chi connectivity index (χ4v) is 1.65. The predicted octanol–water partition coefficient (Wildman–Crippen LogP) is 3.36. The lowest BCUT2D eigenvalue weighted by Gasteiger charge is -2.24. The predicted molar refractivity (Wildman–Crippen MR) is 65.9 cm³/mol. The van der Waals surface area contributed by atoms with Crippen molar-refractivity contribution in [1.82, 2.24) is 4.90 Å². The Kier molecular flexibility index (Phi) is 4.68. The number of rotatable bonds is 4. The van der Waals surface area contributed by atoms with E-state index in [9.17, 15) is 0 Å². The van der Waals surface area contributed by atoms with Gasteiger partial charge in [-0.25, -0.2) is 0 Å². The van der Waals surface area contributed by atoms with Gasteiger partial charge in [-0.1, -0.05) is 23.7 Å². The average Bonchev–Trinajstić information content (AvgIpc) is 2.24. The van der Waals surface area contributed by atoms with Crippen LogP contribution in [0.5, 0.6) is 0 Å². The fraction of sp³-hybridized carbons (Fsp3) is 0.385. The second-order valence-corrected chi connectivity index (χ2v) is 4.10. The summed E-state index contributed by atoms with van der Waals surface area (Å²) < 4.78 is 0. The smallest absolute Gasteiger partial charge is 0.0409 e. The number of halogens is 1. The summed E-state index contributed by atoms with van der Waals surface area (Å²) in [6.45, 7) is 3.06. The highest BCUT2D eigenvalue weighted by Crippen LogP contribution is 2.21. The Labute approximate surface area is 97.0 Å². The summed E-state index contributed by atoms with van der Waals surface area (Å²) in [7, 11) is 2.07. The van der Waals surface area contributed by atoms with Crippen LogP contribution in [0.25, 0.3) is 0 Å². The second-order valence-electron chi connectivity index (χ2n) is 3.67. The molecule has 0 bridgehead atoms. The van der Waals surface area contributed by atoms with E-state index in [1.807, 2.05) is 18.2 Å². The first-order valence-corrected chi connectivity index (χ1v) is 5.42. The maximum Gasteiger partial charge on any atom is 0.0409 e. The Morgan fingerprint density at radius 2 is 2.27 bits per heavy atom. The Morgan fingerprint density at radius 3 is 2.87 bits per heavy atom. The minimum Gasteiger partial charge on any atom is -0.299 e. The molecule has 0 amide bonds. The van der Waals surface area contributed by atoms with Crippen LogP contribution in [-0.2, 0) is 0 Å². The van der Waals surface area contributed by atoms with Crippen molar-refractivity contribution in [2.45, 2.75) is 19.4 Å². The molecule has 0 saturated carbocycles. The van der Waals surface area contributed by atoms with Crippen LogP contribution >= 0.6 is 11.6 Å². The van der Waals surface area contributed by atoms with Gasteiger partial charge in [0, 0.05) is 24.0 Å². The SMILES string of the molecule is C#CCCN(C)C(C)c1cccc(Cl)c1. The summed E-state index contributed by atoms with van der Waals surface area (Å²) >= 11 is 5.95. The van der Waals surface area contributed by atoms with Crippen molar-refractivity contribution in [1.29, 1.82) is 0 Å². The number of terminal acetylenes is 1. The Morgan fingerprint density at radius 1 is 1.53 bits per heavy atom. The van der Waals surface area contributed by atoms with E-state index in [2.05, 4.69) is 30.9 Å². The molecule has 0 aromatic heterocycles. The van der Waals surface area contributed by atoms with E-state index >= 15 is 0 Å². The fourth-order valence-electron chi connectivity index (χ4n) is 1.46. The third-order valence-corrected chi connectivity index (χ3v) is 2.84. The largest absolute Gasteiger partial charge is 0.299 e. The minimum atomic E-state index is 0.344. The first-order valence-electron chi connectivity index (χ1n) is 5.04. The van der Waals surface area contributed by atoms with Gasteiger partial charge >= 0.3 is 0 Å². The maximum absolute atomic E-state index is 5.95. The zero-order valence-corrected chi connectivity index (χ0v) is 9.96. The molecular weight excluding hydrogens is 206 g/mol. The van der Waals surface area contributed by atoms with Gasteiger partial charge in [0.05, 0.1) is 0 Å². The van der Waals surface area contributed by atoms with E-state index in [1.54, 1.807) is 0 Å². The molecular formula is C13H16ClN. The summed E-state index contributed by atoms with van der Waals surface area (Å²) in [5.41, 5.74) is 1.22. The van der Waals surface area contributed by atoms with Crippen LogP contribution in [0.4, 0.5) is 0 Å². The van der Waals surface area contributed by atoms with Crippen molar-refractivity contribution in [2.75, 3.05) is 13.6 Å². The molecule has 0 aliphatic carbocycles. The van der Waals surface area contributed by atoms with Crippen LogP contribution in [0.2, 0.25) is 5.02 Å². The molecule has 15 heavy (non-hydrogen) atoms. The normalized spacial score (nSPS) is 12.5. The summed E-state index contributed by atoms with van der Waals surface area (Å²) in [6.07, 6.45) is 6.02. The van der Waals surface area contributed by atoms with Crippen LogP contribution in [0.1, 0.15) is 24.9 Å². The van der Waals surface area contributed by atoms with Crippen molar-refractivity contribution in [3.8, 4) is 12.3 Å². The van der Waals surface area contributed by atoms with Gasteiger partial charge < -0.3 is 0 Å². The first-order chi connectivity index (χ1) is 7.15. The van der Waals surface area contributed by atoms with Crippen LogP contribution in [0.15, 0.2) is 24.3 Å². The highest BCUT2D eigenvalue weighted by atomic mass is 35.5. The highest BCUT2D eigenvalue weighted by Gasteiger charge is 2.10. The quantitative estimate of drug-likeness (QED) is 0.705. The molecule has 1 rings (SSSR count). The molecule has 0 spiro atoms. The molecule has 0 N–H and O–H groups in total.